The van der Waals surface area contributed by atoms with Gasteiger partial charge >= 0.3 is 0 Å². The zero-order chi connectivity index (χ0) is 11.1. The molecular formula is C11H16FNOS. The SMILES string of the molecule is CCSCCOc1ccc(F)cc1CN. The lowest BCUT2D eigenvalue weighted by molar-refractivity contribution is 0.339. The summed E-state index contributed by atoms with van der Waals surface area (Å²) >= 11 is 1.81. The van der Waals surface area contributed by atoms with Crippen LogP contribution in [0.25, 0.3) is 0 Å². The van der Waals surface area contributed by atoms with Crippen molar-refractivity contribution in [2.24, 2.45) is 5.73 Å². The minimum absolute atomic E-state index is 0.272. The Morgan fingerprint density at radius 2 is 2.27 bits per heavy atom. The van der Waals surface area contributed by atoms with E-state index in [-0.39, 0.29) is 5.82 Å². The highest BCUT2D eigenvalue weighted by Crippen LogP contribution is 2.19. The van der Waals surface area contributed by atoms with Gasteiger partial charge in [-0.3, -0.25) is 0 Å². The molecule has 0 bridgehead atoms. The summed E-state index contributed by atoms with van der Waals surface area (Å²) in [7, 11) is 0. The predicted molar refractivity (Wildman–Crippen MR) is 62.8 cm³/mol. The third-order valence-electron chi connectivity index (χ3n) is 1.93. The van der Waals surface area contributed by atoms with Crippen LogP contribution in [0.2, 0.25) is 0 Å². The third-order valence-corrected chi connectivity index (χ3v) is 2.80. The number of thioether (sulfide) groups is 1. The highest BCUT2D eigenvalue weighted by Gasteiger charge is 2.03. The molecule has 15 heavy (non-hydrogen) atoms. The summed E-state index contributed by atoms with van der Waals surface area (Å²) in [5, 5.41) is 0. The topological polar surface area (TPSA) is 35.2 Å². The molecule has 0 fully saturated rings. The lowest BCUT2D eigenvalue weighted by atomic mass is 10.2. The Morgan fingerprint density at radius 3 is 2.93 bits per heavy atom. The van der Waals surface area contributed by atoms with Crippen LogP contribution in [0.1, 0.15) is 12.5 Å². The second-order valence-corrected chi connectivity index (χ2v) is 4.40. The molecule has 84 valence electrons. The number of benzene rings is 1. The molecular weight excluding hydrogens is 213 g/mol. The number of nitrogens with two attached hydrogens (primary N) is 1. The van der Waals surface area contributed by atoms with Crippen LogP contribution >= 0.6 is 11.8 Å². The van der Waals surface area contributed by atoms with Gasteiger partial charge in [0.1, 0.15) is 11.6 Å². The van der Waals surface area contributed by atoms with Crippen LogP contribution in [0.15, 0.2) is 18.2 Å². The maximum atomic E-state index is 12.9. The van der Waals surface area contributed by atoms with Gasteiger partial charge in [-0.2, -0.15) is 11.8 Å². The Balaban J connectivity index is 2.52. The number of halogens is 1. The first-order valence-electron chi connectivity index (χ1n) is 4.97. The molecule has 1 aromatic rings. The lowest BCUT2D eigenvalue weighted by Crippen LogP contribution is -2.05. The Kier molecular flexibility index (Phi) is 5.50. The van der Waals surface area contributed by atoms with Crippen LogP contribution in [-0.2, 0) is 6.54 Å². The summed E-state index contributed by atoms with van der Waals surface area (Å²) in [5.74, 6) is 2.44. The van der Waals surface area contributed by atoms with Gasteiger partial charge in [0.25, 0.3) is 0 Å². The zero-order valence-corrected chi connectivity index (χ0v) is 9.65. The minimum Gasteiger partial charge on any atom is -0.492 e. The first kappa shape index (κ1) is 12.3. The van der Waals surface area contributed by atoms with Crippen LogP contribution in [0.5, 0.6) is 5.75 Å². The normalized spacial score (nSPS) is 10.3. The molecule has 0 amide bonds. The Morgan fingerprint density at radius 1 is 1.47 bits per heavy atom. The quantitative estimate of drug-likeness (QED) is 0.761. The highest BCUT2D eigenvalue weighted by atomic mass is 32.2. The molecule has 0 aliphatic rings. The Bertz CT molecular complexity index is 307. The first-order chi connectivity index (χ1) is 7.27. The van der Waals surface area contributed by atoms with E-state index in [0.717, 1.165) is 17.1 Å². The molecule has 2 N–H and O–H groups in total. The second kappa shape index (κ2) is 6.69. The van der Waals surface area contributed by atoms with E-state index in [0.29, 0.717) is 18.9 Å². The van der Waals surface area contributed by atoms with Crippen molar-refractivity contribution in [3.05, 3.63) is 29.6 Å². The molecule has 0 aliphatic heterocycles. The summed E-state index contributed by atoms with van der Waals surface area (Å²) in [6.07, 6.45) is 0. The van der Waals surface area contributed by atoms with Gasteiger partial charge in [0.2, 0.25) is 0 Å². The van der Waals surface area contributed by atoms with Crippen molar-refractivity contribution < 1.29 is 9.13 Å². The van der Waals surface area contributed by atoms with E-state index in [2.05, 4.69) is 6.92 Å². The molecule has 0 aliphatic carbocycles. The molecule has 4 heteroatoms. The molecule has 2 nitrogen and oxygen atoms in total. The lowest BCUT2D eigenvalue weighted by Gasteiger charge is -2.09. The molecule has 0 radical (unpaired) electrons. The zero-order valence-electron chi connectivity index (χ0n) is 8.83. The molecule has 0 unspecified atom stereocenters. The molecule has 0 saturated heterocycles. The summed E-state index contributed by atoms with van der Waals surface area (Å²) in [5.41, 5.74) is 6.22. The first-order valence-corrected chi connectivity index (χ1v) is 6.12. The van der Waals surface area contributed by atoms with Gasteiger partial charge < -0.3 is 10.5 Å². The Labute approximate surface area is 94.0 Å². The van der Waals surface area contributed by atoms with Crippen molar-refractivity contribution in [3.63, 3.8) is 0 Å². The fourth-order valence-electron chi connectivity index (χ4n) is 1.20. The highest BCUT2D eigenvalue weighted by molar-refractivity contribution is 7.99. The molecule has 0 heterocycles. The number of hydrogen-bond donors (Lipinski definition) is 1. The number of ether oxygens (including phenoxy) is 1. The van der Waals surface area contributed by atoms with Crippen molar-refractivity contribution in [1.29, 1.82) is 0 Å². The molecule has 0 saturated carbocycles. The van der Waals surface area contributed by atoms with Gasteiger partial charge in [-0.05, 0) is 24.0 Å². The molecule has 0 spiro atoms. The molecule has 0 atom stereocenters. The summed E-state index contributed by atoms with van der Waals surface area (Å²) in [4.78, 5) is 0. The molecule has 1 rings (SSSR count). The standard InChI is InChI=1S/C11H16FNOS/c1-2-15-6-5-14-11-4-3-10(12)7-9(11)8-13/h3-4,7H,2,5-6,8,13H2,1H3. The van der Waals surface area contributed by atoms with E-state index in [1.807, 2.05) is 11.8 Å². The average Bonchev–Trinajstić information content (AvgIpc) is 2.26. The third kappa shape index (κ3) is 4.10. The van der Waals surface area contributed by atoms with E-state index >= 15 is 0 Å². The van der Waals surface area contributed by atoms with Gasteiger partial charge in [0.05, 0.1) is 6.61 Å². The molecule has 0 aromatic heterocycles. The maximum absolute atomic E-state index is 12.9. The van der Waals surface area contributed by atoms with Gasteiger partial charge in [-0.25, -0.2) is 4.39 Å². The van der Waals surface area contributed by atoms with E-state index in [9.17, 15) is 4.39 Å². The van der Waals surface area contributed by atoms with E-state index in [1.165, 1.54) is 12.1 Å². The van der Waals surface area contributed by atoms with Crippen LogP contribution in [0.3, 0.4) is 0 Å². The number of hydrogen-bond acceptors (Lipinski definition) is 3. The monoisotopic (exact) mass is 229 g/mol. The summed E-state index contributed by atoms with van der Waals surface area (Å²) < 4.78 is 18.4. The fourth-order valence-corrected chi connectivity index (χ4v) is 1.69. The van der Waals surface area contributed by atoms with Crippen molar-refractivity contribution in [2.75, 3.05) is 18.1 Å². The van der Waals surface area contributed by atoms with E-state index < -0.39 is 0 Å². The van der Waals surface area contributed by atoms with Crippen molar-refractivity contribution in [1.82, 2.24) is 0 Å². The van der Waals surface area contributed by atoms with Crippen molar-refractivity contribution in [2.45, 2.75) is 13.5 Å². The van der Waals surface area contributed by atoms with E-state index in [4.69, 9.17) is 10.5 Å². The van der Waals surface area contributed by atoms with Gasteiger partial charge in [0, 0.05) is 17.9 Å². The number of rotatable bonds is 6. The van der Waals surface area contributed by atoms with Gasteiger partial charge in [0.15, 0.2) is 0 Å². The van der Waals surface area contributed by atoms with Crippen LogP contribution in [0, 0.1) is 5.82 Å². The van der Waals surface area contributed by atoms with Crippen molar-refractivity contribution >= 4 is 11.8 Å². The van der Waals surface area contributed by atoms with Crippen LogP contribution in [-0.4, -0.2) is 18.1 Å². The fraction of sp³-hybridized carbons (Fsp3) is 0.455. The van der Waals surface area contributed by atoms with E-state index in [1.54, 1.807) is 6.07 Å². The van der Waals surface area contributed by atoms with Crippen LogP contribution in [0.4, 0.5) is 4.39 Å². The predicted octanol–water partition coefficient (Wildman–Crippen LogP) is 2.42. The van der Waals surface area contributed by atoms with Crippen molar-refractivity contribution in [3.8, 4) is 5.75 Å². The summed E-state index contributed by atoms with van der Waals surface area (Å²) in [6.45, 7) is 3.04. The summed E-state index contributed by atoms with van der Waals surface area (Å²) in [6, 6.07) is 4.44. The van der Waals surface area contributed by atoms with Crippen LogP contribution < -0.4 is 10.5 Å². The van der Waals surface area contributed by atoms with Gasteiger partial charge in [-0.1, -0.05) is 6.92 Å². The second-order valence-electron chi connectivity index (χ2n) is 3.00. The Hall–Kier alpha value is -0.740. The van der Waals surface area contributed by atoms with Gasteiger partial charge in [-0.15, -0.1) is 0 Å². The largest absolute Gasteiger partial charge is 0.492 e. The molecule has 1 aromatic carbocycles. The maximum Gasteiger partial charge on any atom is 0.124 e. The minimum atomic E-state index is -0.272. The smallest absolute Gasteiger partial charge is 0.124 e. The average molecular weight is 229 g/mol.